The predicted molar refractivity (Wildman–Crippen MR) is 36.3 cm³/mol. The van der Waals surface area contributed by atoms with Gasteiger partial charge in [0.25, 0.3) is 0 Å². The van der Waals surface area contributed by atoms with E-state index in [0.29, 0.717) is 0 Å². The summed E-state index contributed by atoms with van der Waals surface area (Å²) in [6.07, 6.45) is 3.32. The maximum absolute atomic E-state index is 3.45. The number of hydrogen-bond donors (Lipinski definition) is 0. The SMILES string of the molecule is C=CC[Se].C=C[CH2-].[Cd]. The molecule has 0 spiro atoms. The normalized spacial score (nSPS) is 4.62. The molecule has 0 saturated heterocycles. The molecule has 0 aromatic rings. The Bertz CT molecular complexity index is 43.8. The minimum atomic E-state index is 0. The Morgan fingerprint density at radius 1 is 1.50 bits per heavy atom. The molecule has 0 aliphatic heterocycles. The molecular weight excluding hydrogens is 263 g/mol. The Kier molecular flexibility index (Phi) is 49.7. The van der Waals surface area contributed by atoms with Crippen LogP contribution in [0.2, 0.25) is 5.32 Å². The largest absolute Gasteiger partial charge is 0.245 e. The molecule has 0 aromatic carbocycles. The minimum Gasteiger partial charge on any atom is -0.245 e. The predicted octanol–water partition coefficient (Wildman–Crippen LogP) is 1.76. The van der Waals surface area contributed by atoms with Crippen LogP contribution in [0.3, 0.4) is 0 Å². The van der Waals surface area contributed by atoms with Crippen molar-refractivity contribution in [3.05, 3.63) is 32.2 Å². The molecule has 0 saturated carbocycles. The summed E-state index contributed by atoms with van der Waals surface area (Å²) in [5.41, 5.74) is 0. The minimum absolute atomic E-state index is 0. The average Bonchev–Trinajstić information content (AvgIpc) is 1.69. The first-order valence-corrected chi connectivity index (χ1v) is 3.13. The van der Waals surface area contributed by atoms with Crippen LogP contribution in [0.25, 0.3) is 0 Å². The molecule has 2 heteroatoms. The molecule has 0 heterocycles. The van der Waals surface area contributed by atoms with Gasteiger partial charge in [0.2, 0.25) is 0 Å². The fourth-order valence-electron chi connectivity index (χ4n) is 0. The average molecular weight is 274 g/mol. The number of rotatable bonds is 1. The molecule has 8 heavy (non-hydrogen) atoms. The van der Waals surface area contributed by atoms with Crippen molar-refractivity contribution in [3.63, 3.8) is 0 Å². The van der Waals surface area contributed by atoms with Crippen molar-refractivity contribution >= 4 is 16.0 Å². The Hall–Kier alpha value is 0.792. The second-order valence-electron chi connectivity index (χ2n) is 0.744. The summed E-state index contributed by atoms with van der Waals surface area (Å²) in [5, 5.41) is 0.958. The van der Waals surface area contributed by atoms with E-state index in [9.17, 15) is 0 Å². The molecule has 0 aromatic heterocycles. The standard InChI is InChI=1S/C3H5Se.C3H5.Cd/c1-2-3-4;1-3-2;/h2H,1,3H2;3H,1-2H2;/q;-1;. The molecular formula is C6H10CdSe-. The maximum Gasteiger partial charge on any atom is 0 e. The van der Waals surface area contributed by atoms with Crippen LogP contribution in [0.1, 0.15) is 0 Å². The van der Waals surface area contributed by atoms with Crippen LogP contribution < -0.4 is 0 Å². The quantitative estimate of drug-likeness (QED) is 0.388. The fraction of sp³-hybridized carbons (Fsp3) is 0.167. The summed E-state index contributed by atoms with van der Waals surface area (Å²) >= 11 is 2.77. The van der Waals surface area contributed by atoms with Crippen molar-refractivity contribution < 1.29 is 27.3 Å². The summed E-state index contributed by atoms with van der Waals surface area (Å²) in [7, 11) is 0. The van der Waals surface area contributed by atoms with E-state index >= 15 is 0 Å². The van der Waals surface area contributed by atoms with Crippen LogP contribution >= 0.6 is 0 Å². The number of hydrogen-bond acceptors (Lipinski definition) is 0. The summed E-state index contributed by atoms with van der Waals surface area (Å²) in [6, 6.07) is 0. The molecule has 0 nitrogen and oxygen atoms in total. The van der Waals surface area contributed by atoms with Gasteiger partial charge in [0.15, 0.2) is 0 Å². The van der Waals surface area contributed by atoms with Crippen LogP contribution in [0.5, 0.6) is 0 Å². The molecule has 0 N–H and O–H groups in total. The van der Waals surface area contributed by atoms with Gasteiger partial charge in [-0.2, -0.15) is 0 Å². The fourth-order valence-corrected chi connectivity index (χ4v) is 0. The zero-order valence-electron chi connectivity index (χ0n) is 5.10. The molecule has 43 valence electrons. The monoisotopic (exact) mass is 276 g/mol. The van der Waals surface area contributed by atoms with Crippen molar-refractivity contribution in [1.29, 1.82) is 0 Å². The second-order valence-corrected chi connectivity index (χ2v) is 1.44. The molecule has 1 radical (unpaired) electrons. The van der Waals surface area contributed by atoms with Crippen LogP contribution in [0.4, 0.5) is 0 Å². The molecule has 0 unspecified atom stereocenters. The first-order valence-electron chi connectivity index (χ1n) is 1.92. The second kappa shape index (κ2) is 25.0. The van der Waals surface area contributed by atoms with Gasteiger partial charge in [0, 0.05) is 27.3 Å². The third-order valence-electron chi connectivity index (χ3n) is 0.118. The van der Waals surface area contributed by atoms with Crippen LogP contribution in [-0.2, 0) is 27.3 Å². The van der Waals surface area contributed by atoms with Gasteiger partial charge in [-0.05, 0) is 0 Å². The van der Waals surface area contributed by atoms with Crippen LogP contribution in [0, 0.1) is 6.92 Å². The summed E-state index contributed by atoms with van der Waals surface area (Å²) in [5.74, 6) is 0. The van der Waals surface area contributed by atoms with Gasteiger partial charge in [-0.25, -0.2) is 19.6 Å². The molecule has 0 aliphatic rings. The van der Waals surface area contributed by atoms with Crippen molar-refractivity contribution in [2.24, 2.45) is 0 Å². The van der Waals surface area contributed by atoms with Crippen molar-refractivity contribution in [2.45, 2.75) is 5.32 Å². The van der Waals surface area contributed by atoms with E-state index in [1.807, 2.05) is 6.08 Å². The van der Waals surface area contributed by atoms with E-state index in [0.717, 1.165) is 5.32 Å². The third kappa shape index (κ3) is 71.0. The van der Waals surface area contributed by atoms with Crippen LogP contribution in [-0.4, -0.2) is 16.0 Å². The summed E-state index contributed by atoms with van der Waals surface area (Å²) in [4.78, 5) is 0. The molecule has 0 rings (SSSR count). The Morgan fingerprint density at radius 2 is 1.62 bits per heavy atom. The Labute approximate surface area is 80.4 Å². The topological polar surface area (TPSA) is 0 Å². The first-order chi connectivity index (χ1) is 3.33. The van der Waals surface area contributed by atoms with Crippen molar-refractivity contribution in [2.75, 3.05) is 0 Å². The van der Waals surface area contributed by atoms with Gasteiger partial charge in [-0.1, -0.05) is 0 Å². The molecule has 0 aliphatic carbocycles. The van der Waals surface area contributed by atoms with Crippen molar-refractivity contribution in [1.82, 2.24) is 0 Å². The van der Waals surface area contributed by atoms with Crippen molar-refractivity contribution in [3.8, 4) is 0 Å². The van der Waals surface area contributed by atoms with Gasteiger partial charge >= 0.3 is 34.0 Å². The first kappa shape index (κ1) is 15.9. The summed E-state index contributed by atoms with van der Waals surface area (Å²) < 4.78 is 0. The van der Waals surface area contributed by atoms with Gasteiger partial charge in [-0.3, -0.25) is 0 Å². The van der Waals surface area contributed by atoms with Gasteiger partial charge in [0.05, 0.1) is 0 Å². The van der Waals surface area contributed by atoms with E-state index in [1.54, 1.807) is 0 Å². The smallest absolute Gasteiger partial charge is 0 e. The van der Waals surface area contributed by atoms with E-state index in [4.69, 9.17) is 0 Å². The maximum atomic E-state index is 3.45. The van der Waals surface area contributed by atoms with Gasteiger partial charge < -0.3 is 0 Å². The molecule has 0 fully saturated rings. The Morgan fingerprint density at radius 3 is 1.62 bits per heavy atom. The van der Waals surface area contributed by atoms with Gasteiger partial charge in [0.1, 0.15) is 0 Å². The molecule has 0 bridgehead atoms. The van der Waals surface area contributed by atoms with E-state index in [-0.39, 0.29) is 27.3 Å². The van der Waals surface area contributed by atoms with Crippen LogP contribution in [0.15, 0.2) is 25.3 Å². The summed E-state index contributed by atoms with van der Waals surface area (Å²) in [6.45, 7) is 9.95. The molecule has 0 amide bonds. The molecule has 0 atom stereocenters. The van der Waals surface area contributed by atoms with E-state index < -0.39 is 0 Å². The third-order valence-corrected chi connectivity index (χ3v) is 0.612. The van der Waals surface area contributed by atoms with E-state index in [1.165, 1.54) is 6.08 Å². The zero-order chi connectivity index (χ0) is 6.12. The van der Waals surface area contributed by atoms with E-state index in [2.05, 4.69) is 36.1 Å². The van der Waals surface area contributed by atoms with Gasteiger partial charge in [-0.15, -0.1) is 0 Å². The Balaban J connectivity index is -0.0000000575. The number of allylic oxidation sites excluding steroid dienone is 2. The zero-order valence-corrected chi connectivity index (χ0v) is 10.8.